The molecule has 2 N–H and O–H groups in total. The van der Waals surface area contributed by atoms with Gasteiger partial charge in [-0.2, -0.15) is 4.98 Å². The number of amides is 2. The molecule has 1 aliphatic rings. The van der Waals surface area contributed by atoms with E-state index in [2.05, 4.69) is 22.4 Å². The normalized spacial score (nSPS) is 18.0. The number of phenolic OH excluding ortho intramolecular Hbond substituents is 1. The highest BCUT2D eigenvalue weighted by molar-refractivity contribution is 5.74. The number of nitrogens with zero attached hydrogens (tertiary/aromatic N) is 3. The Morgan fingerprint density at radius 1 is 1.52 bits per heavy atom. The molecule has 1 unspecified atom stereocenters. The molecule has 0 saturated carbocycles. The lowest BCUT2D eigenvalue weighted by molar-refractivity contribution is 0.168. The van der Waals surface area contributed by atoms with Gasteiger partial charge in [0.2, 0.25) is 11.7 Å². The fraction of sp³-hybridized carbons (Fsp3) is 0.438. The lowest BCUT2D eigenvalue weighted by Gasteiger charge is -2.30. The molecule has 1 aromatic heterocycles. The third-order valence-corrected chi connectivity index (χ3v) is 3.91. The first-order valence-corrected chi connectivity index (χ1v) is 7.76. The molecule has 1 fully saturated rings. The minimum Gasteiger partial charge on any atom is -0.508 e. The number of hydrogen-bond donors (Lipinski definition) is 2. The summed E-state index contributed by atoms with van der Waals surface area (Å²) in [6, 6.07) is 6.52. The first-order valence-electron chi connectivity index (χ1n) is 7.76. The number of benzene rings is 1. The van der Waals surface area contributed by atoms with Gasteiger partial charge in [0, 0.05) is 18.7 Å². The Hall–Kier alpha value is -2.57. The van der Waals surface area contributed by atoms with E-state index >= 15 is 0 Å². The van der Waals surface area contributed by atoms with Gasteiger partial charge in [0.1, 0.15) is 5.75 Å². The minimum atomic E-state index is -0.103. The summed E-state index contributed by atoms with van der Waals surface area (Å²) in [6.45, 7) is 3.91. The van der Waals surface area contributed by atoms with Crippen LogP contribution < -0.4 is 5.32 Å². The number of aromatic hydroxyl groups is 1. The number of nitrogens with one attached hydrogen (secondary N) is 1. The quantitative estimate of drug-likeness (QED) is 0.907. The molecule has 1 aromatic carbocycles. The zero-order valence-electron chi connectivity index (χ0n) is 13.0. The largest absolute Gasteiger partial charge is 0.508 e. The average Bonchev–Trinajstić information content (AvgIpc) is 3.01. The molecule has 122 valence electrons. The molecule has 2 amide bonds. The van der Waals surface area contributed by atoms with Crippen molar-refractivity contribution in [2.24, 2.45) is 5.92 Å². The Morgan fingerprint density at radius 2 is 2.39 bits per heavy atom. The Kier molecular flexibility index (Phi) is 4.45. The van der Waals surface area contributed by atoms with Crippen molar-refractivity contribution >= 4 is 6.03 Å². The van der Waals surface area contributed by atoms with E-state index in [1.165, 1.54) is 6.42 Å². The summed E-state index contributed by atoms with van der Waals surface area (Å²) in [6.07, 6.45) is 2.21. The van der Waals surface area contributed by atoms with Gasteiger partial charge in [-0.3, -0.25) is 0 Å². The SMILES string of the molecule is CC1CCCN(C(=O)NCc2nc(-c3cccc(O)c3)no2)C1. The van der Waals surface area contributed by atoms with E-state index in [0.717, 1.165) is 19.5 Å². The zero-order chi connectivity index (χ0) is 16.2. The second kappa shape index (κ2) is 6.68. The highest BCUT2D eigenvalue weighted by Crippen LogP contribution is 2.20. The average molecular weight is 316 g/mol. The fourth-order valence-corrected chi connectivity index (χ4v) is 2.73. The van der Waals surface area contributed by atoms with Crippen molar-refractivity contribution in [2.75, 3.05) is 13.1 Å². The van der Waals surface area contributed by atoms with Crippen LogP contribution in [0.1, 0.15) is 25.7 Å². The maximum absolute atomic E-state index is 12.1. The van der Waals surface area contributed by atoms with Crippen molar-refractivity contribution < 1.29 is 14.4 Å². The Labute approximate surface area is 134 Å². The van der Waals surface area contributed by atoms with Crippen LogP contribution in [-0.4, -0.2) is 39.3 Å². The van der Waals surface area contributed by atoms with Crippen LogP contribution in [0.15, 0.2) is 28.8 Å². The summed E-state index contributed by atoms with van der Waals surface area (Å²) >= 11 is 0. The van der Waals surface area contributed by atoms with E-state index in [4.69, 9.17) is 4.52 Å². The molecule has 0 spiro atoms. The summed E-state index contributed by atoms with van der Waals surface area (Å²) in [5, 5.41) is 16.1. The van der Waals surface area contributed by atoms with Crippen LogP contribution >= 0.6 is 0 Å². The lowest BCUT2D eigenvalue weighted by Crippen LogP contribution is -2.44. The van der Waals surface area contributed by atoms with Crippen LogP contribution in [0.2, 0.25) is 0 Å². The monoisotopic (exact) mass is 316 g/mol. The van der Waals surface area contributed by atoms with Crippen LogP contribution in [0, 0.1) is 5.92 Å². The highest BCUT2D eigenvalue weighted by atomic mass is 16.5. The van der Waals surface area contributed by atoms with Crippen LogP contribution in [0.5, 0.6) is 5.75 Å². The van der Waals surface area contributed by atoms with Crippen molar-refractivity contribution in [3.8, 4) is 17.1 Å². The standard InChI is InChI=1S/C16H20N4O3/c1-11-4-3-7-20(10-11)16(22)17-9-14-18-15(19-23-14)12-5-2-6-13(21)8-12/h2,5-6,8,11,21H,3-4,7,9-10H2,1H3,(H,17,22). The van der Waals surface area contributed by atoms with Gasteiger partial charge in [0.05, 0.1) is 6.54 Å². The highest BCUT2D eigenvalue weighted by Gasteiger charge is 2.21. The van der Waals surface area contributed by atoms with Crippen LogP contribution in [0.25, 0.3) is 11.4 Å². The number of carbonyl (C=O) groups is 1. The lowest BCUT2D eigenvalue weighted by atomic mass is 10.0. The molecule has 1 saturated heterocycles. The number of likely N-dealkylation sites (tertiary alicyclic amines) is 1. The smallest absolute Gasteiger partial charge is 0.317 e. The number of carbonyl (C=O) groups excluding carboxylic acids is 1. The van der Waals surface area contributed by atoms with Crippen molar-refractivity contribution in [3.05, 3.63) is 30.2 Å². The molecular weight excluding hydrogens is 296 g/mol. The number of urea groups is 1. The molecule has 2 aromatic rings. The fourth-order valence-electron chi connectivity index (χ4n) is 2.73. The number of rotatable bonds is 3. The molecule has 0 aliphatic carbocycles. The predicted molar refractivity (Wildman–Crippen MR) is 83.6 cm³/mol. The number of piperidine rings is 1. The third-order valence-electron chi connectivity index (χ3n) is 3.91. The molecule has 0 bridgehead atoms. The summed E-state index contributed by atoms with van der Waals surface area (Å²) < 4.78 is 5.14. The number of hydrogen-bond acceptors (Lipinski definition) is 5. The van der Waals surface area contributed by atoms with E-state index in [9.17, 15) is 9.90 Å². The van der Waals surface area contributed by atoms with Crippen molar-refractivity contribution in [1.29, 1.82) is 0 Å². The molecule has 23 heavy (non-hydrogen) atoms. The maximum Gasteiger partial charge on any atom is 0.317 e. The van der Waals surface area contributed by atoms with E-state index in [-0.39, 0.29) is 18.3 Å². The van der Waals surface area contributed by atoms with Gasteiger partial charge in [-0.25, -0.2) is 4.79 Å². The van der Waals surface area contributed by atoms with Gasteiger partial charge >= 0.3 is 6.03 Å². The van der Waals surface area contributed by atoms with E-state index in [1.807, 2.05) is 4.90 Å². The Balaban J connectivity index is 1.58. The molecule has 7 nitrogen and oxygen atoms in total. The first kappa shape index (κ1) is 15.3. The maximum atomic E-state index is 12.1. The van der Waals surface area contributed by atoms with Crippen molar-refractivity contribution in [3.63, 3.8) is 0 Å². The van der Waals surface area contributed by atoms with Crippen molar-refractivity contribution in [2.45, 2.75) is 26.3 Å². The number of phenols is 1. The van der Waals surface area contributed by atoms with Gasteiger partial charge in [0.25, 0.3) is 0 Å². The molecule has 3 rings (SSSR count). The van der Waals surface area contributed by atoms with Crippen LogP contribution in [0.3, 0.4) is 0 Å². The minimum absolute atomic E-state index is 0.103. The molecule has 1 atom stereocenters. The zero-order valence-corrected chi connectivity index (χ0v) is 13.0. The van der Waals surface area contributed by atoms with Gasteiger partial charge in [-0.1, -0.05) is 24.2 Å². The summed E-state index contributed by atoms with van der Waals surface area (Å²) in [5.41, 5.74) is 0.663. The van der Waals surface area contributed by atoms with Gasteiger partial charge in [0.15, 0.2) is 0 Å². The van der Waals surface area contributed by atoms with Crippen molar-refractivity contribution in [1.82, 2.24) is 20.4 Å². The molecule has 0 radical (unpaired) electrons. The summed E-state index contributed by atoms with van der Waals surface area (Å²) in [7, 11) is 0. The predicted octanol–water partition coefficient (Wildman–Crippen LogP) is 2.38. The Morgan fingerprint density at radius 3 is 3.17 bits per heavy atom. The van der Waals surface area contributed by atoms with E-state index in [0.29, 0.717) is 23.2 Å². The molecule has 7 heteroatoms. The molecule has 1 aliphatic heterocycles. The van der Waals surface area contributed by atoms with Crippen LogP contribution in [0.4, 0.5) is 4.79 Å². The van der Waals surface area contributed by atoms with Gasteiger partial charge in [-0.15, -0.1) is 0 Å². The van der Waals surface area contributed by atoms with E-state index < -0.39 is 0 Å². The first-order chi connectivity index (χ1) is 11.1. The molecule has 2 heterocycles. The number of aromatic nitrogens is 2. The second-order valence-corrected chi connectivity index (χ2v) is 5.91. The molecular formula is C16H20N4O3. The second-order valence-electron chi connectivity index (χ2n) is 5.91. The topological polar surface area (TPSA) is 91.5 Å². The summed E-state index contributed by atoms with van der Waals surface area (Å²) in [4.78, 5) is 18.2. The van der Waals surface area contributed by atoms with E-state index in [1.54, 1.807) is 24.3 Å². The summed E-state index contributed by atoms with van der Waals surface area (Å²) in [5.74, 6) is 1.40. The van der Waals surface area contributed by atoms with Gasteiger partial charge in [-0.05, 0) is 30.9 Å². The Bertz CT molecular complexity index is 685. The van der Waals surface area contributed by atoms with Gasteiger partial charge < -0.3 is 19.8 Å². The van der Waals surface area contributed by atoms with Crippen LogP contribution in [-0.2, 0) is 6.54 Å². The third kappa shape index (κ3) is 3.80.